The monoisotopic (exact) mass is 447 g/mol. The minimum Gasteiger partial charge on any atom is -0.280 e. The fraction of sp³-hybridized carbons (Fsp3) is 0.147. The van der Waals surface area contributed by atoms with Crippen molar-refractivity contribution in [1.82, 2.24) is 0 Å². The smallest absolute Gasteiger partial charge is 0.100 e. The molecule has 1 nitrogen and oxygen atoms in total. The van der Waals surface area contributed by atoms with Gasteiger partial charge < -0.3 is 0 Å². The van der Waals surface area contributed by atoms with Gasteiger partial charge in [0.2, 0.25) is 0 Å². The van der Waals surface area contributed by atoms with Crippen molar-refractivity contribution in [3.63, 3.8) is 0 Å². The lowest BCUT2D eigenvalue weighted by atomic mass is 9.65. The number of fused-ring (bicyclic) bond motifs is 5. The van der Waals surface area contributed by atoms with Crippen LogP contribution in [0.3, 0.4) is 0 Å². The van der Waals surface area contributed by atoms with E-state index in [0.29, 0.717) is 0 Å². The van der Waals surface area contributed by atoms with Crippen molar-refractivity contribution in [2.45, 2.75) is 25.3 Å². The summed E-state index contributed by atoms with van der Waals surface area (Å²) in [6, 6.07) is 16.1. The molecule has 0 bridgehead atoms. The predicted molar refractivity (Wildman–Crippen MR) is 145 cm³/mol. The fourth-order valence-corrected chi connectivity index (χ4v) is 6.94. The highest BCUT2D eigenvalue weighted by Gasteiger charge is 2.39. The molecule has 0 fully saturated rings. The van der Waals surface area contributed by atoms with Gasteiger partial charge in [-0.1, -0.05) is 92.8 Å². The summed E-state index contributed by atoms with van der Waals surface area (Å²) in [6.45, 7) is 4.72. The van der Waals surface area contributed by atoms with Gasteiger partial charge in [0.1, 0.15) is 6.04 Å². The lowest BCUT2D eigenvalue weighted by Crippen LogP contribution is -2.29. The molecule has 0 aromatic heterocycles. The van der Waals surface area contributed by atoms with Crippen LogP contribution in [-0.2, 0) is 5.41 Å². The van der Waals surface area contributed by atoms with Crippen LogP contribution in [0.25, 0.3) is 16.7 Å². The standard InChI is InChI=1S/C34H25N/c1-34(2)29-8-4-3-7-25(29)26-14-11-21(19-30(26)34)24-13-9-20-10-16-28-32-22(12-15-27(24)31(20)32)18-23-6-5-17-35-33(23)28/h3-19,31,33H,1-2H3. The van der Waals surface area contributed by atoms with Crippen molar-refractivity contribution < 1.29 is 0 Å². The van der Waals surface area contributed by atoms with Gasteiger partial charge in [0, 0.05) is 17.5 Å². The third kappa shape index (κ3) is 2.46. The maximum Gasteiger partial charge on any atom is 0.100 e. The second-order valence-corrected chi connectivity index (χ2v) is 10.8. The molecular weight excluding hydrogens is 422 g/mol. The summed E-state index contributed by atoms with van der Waals surface area (Å²) >= 11 is 0. The topological polar surface area (TPSA) is 12.4 Å². The van der Waals surface area contributed by atoms with Crippen LogP contribution < -0.4 is 0 Å². The average molecular weight is 448 g/mol. The van der Waals surface area contributed by atoms with Crippen LogP contribution in [0.2, 0.25) is 0 Å². The fourth-order valence-electron chi connectivity index (χ4n) is 6.94. The quantitative estimate of drug-likeness (QED) is 0.426. The van der Waals surface area contributed by atoms with Crippen LogP contribution in [0.1, 0.15) is 30.5 Å². The Bertz CT molecular complexity index is 1650. The highest BCUT2D eigenvalue weighted by atomic mass is 14.8. The lowest BCUT2D eigenvalue weighted by Gasteiger charge is -2.39. The molecule has 166 valence electrons. The Labute approximate surface area is 206 Å². The second-order valence-electron chi connectivity index (χ2n) is 10.8. The number of nitrogens with zero attached hydrogens (tertiary/aromatic N) is 1. The van der Waals surface area contributed by atoms with Gasteiger partial charge in [-0.15, -0.1) is 0 Å². The summed E-state index contributed by atoms with van der Waals surface area (Å²) in [4.78, 5) is 4.84. The van der Waals surface area contributed by atoms with E-state index in [4.69, 9.17) is 4.99 Å². The molecule has 0 saturated carbocycles. The molecule has 6 aliphatic rings. The summed E-state index contributed by atoms with van der Waals surface area (Å²) in [5, 5.41) is 0. The normalized spacial score (nSPS) is 25.5. The summed E-state index contributed by atoms with van der Waals surface area (Å²) in [5.41, 5.74) is 16.5. The molecule has 0 radical (unpaired) electrons. The minimum absolute atomic E-state index is 0.00647. The largest absolute Gasteiger partial charge is 0.280 e. The molecule has 0 saturated heterocycles. The molecule has 0 N–H and O–H groups in total. The Morgan fingerprint density at radius 2 is 1.69 bits per heavy atom. The zero-order chi connectivity index (χ0) is 23.3. The third-order valence-corrected chi connectivity index (χ3v) is 8.64. The first-order valence-electron chi connectivity index (χ1n) is 12.5. The Hall–Kier alpha value is -3.97. The minimum atomic E-state index is 0.00647. The summed E-state index contributed by atoms with van der Waals surface area (Å²) in [7, 11) is 0. The number of dihydropyridines is 1. The van der Waals surface area contributed by atoms with Crippen molar-refractivity contribution in [2.24, 2.45) is 10.9 Å². The van der Waals surface area contributed by atoms with Gasteiger partial charge in [-0.3, -0.25) is 4.99 Å². The number of aliphatic imine (C=N–C) groups is 1. The maximum atomic E-state index is 4.84. The van der Waals surface area contributed by atoms with Crippen LogP contribution in [0, 0.1) is 5.92 Å². The van der Waals surface area contributed by atoms with Crippen molar-refractivity contribution in [3.05, 3.63) is 147 Å². The molecular formula is C34H25N. The molecule has 1 heterocycles. The molecule has 5 aliphatic carbocycles. The van der Waals surface area contributed by atoms with E-state index < -0.39 is 0 Å². The first kappa shape index (κ1) is 19.3. The van der Waals surface area contributed by atoms with E-state index in [1.54, 1.807) is 0 Å². The maximum absolute atomic E-state index is 4.84. The Kier molecular flexibility index (Phi) is 3.64. The zero-order valence-corrected chi connectivity index (χ0v) is 19.9. The van der Waals surface area contributed by atoms with Gasteiger partial charge in [-0.25, -0.2) is 0 Å². The van der Waals surface area contributed by atoms with Crippen LogP contribution in [0.4, 0.5) is 0 Å². The Morgan fingerprint density at radius 3 is 2.63 bits per heavy atom. The Balaban J connectivity index is 1.30. The van der Waals surface area contributed by atoms with Gasteiger partial charge in [0.25, 0.3) is 0 Å². The summed E-state index contributed by atoms with van der Waals surface area (Å²) in [6.07, 6.45) is 22.5. The Morgan fingerprint density at radius 1 is 0.800 bits per heavy atom. The summed E-state index contributed by atoms with van der Waals surface area (Å²) < 4.78 is 0. The van der Waals surface area contributed by atoms with E-state index in [-0.39, 0.29) is 17.4 Å². The van der Waals surface area contributed by atoms with E-state index in [0.717, 1.165) is 0 Å². The van der Waals surface area contributed by atoms with Crippen LogP contribution in [-0.4, -0.2) is 12.3 Å². The van der Waals surface area contributed by atoms with Crippen molar-refractivity contribution in [2.75, 3.05) is 0 Å². The number of hydrogen-bond acceptors (Lipinski definition) is 1. The van der Waals surface area contributed by atoms with E-state index in [2.05, 4.69) is 105 Å². The first-order chi connectivity index (χ1) is 17.1. The van der Waals surface area contributed by atoms with Gasteiger partial charge in [0.05, 0.1) is 0 Å². The lowest BCUT2D eigenvalue weighted by molar-refractivity contribution is 0.660. The highest BCUT2D eigenvalue weighted by Crippen LogP contribution is 2.53. The zero-order valence-electron chi connectivity index (χ0n) is 19.9. The van der Waals surface area contributed by atoms with E-state index >= 15 is 0 Å². The average Bonchev–Trinajstić information content (AvgIpc) is 3.13. The van der Waals surface area contributed by atoms with Crippen molar-refractivity contribution in [3.8, 4) is 11.1 Å². The molecule has 0 spiro atoms. The van der Waals surface area contributed by atoms with Crippen molar-refractivity contribution >= 4 is 11.8 Å². The number of hydrogen-bond donors (Lipinski definition) is 0. The predicted octanol–water partition coefficient (Wildman–Crippen LogP) is 7.61. The van der Waals surface area contributed by atoms with E-state index in [1.807, 2.05) is 12.3 Å². The molecule has 0 amide bonds. The van der Waals surface area contributed by atoms with Crippen LogP contribution in [0.15, 0.2) is 136 Å². The molecule has 2 unspecified atom stereocenters. The molecule has 2 atom stereocenters. The van der Waals surface area contributed by atoms with Gasteiger partial charge in [0.15, 0.2) is 0 Å². The SMILES string of the molecule is CC1(C)c2ccccc2-c2ccc(C3=C4C=CC5=C6C(=CC=C(C=C3)C46)C3N=CC=CC3=C5)cc21. The van der Waals surface area contributed by atoms with Crippen LogP contribution >= 0.6 is 0 Å². The molecule has 1 heteroatoms. The number of rotatable bonds is 1. The third-order valence-electron chi connectivity index (χ3n) is 8.64. The number of benzene rings is 2. The van der Waals surface area contributed by atoms with E-state index in [9.17, 15) is 0 Å². The summed E-state index contributed by atoms with van der Waals surface area (Å²) in [5.74, 6) is 0.285. The van der Waals surface area contributed by atoms with Crippen molar-refractivity contribution in [1.29, 1.82) is 0 Å². The van der Waals surface area contributed by atoms with E-state index in [1.165, 1.54) is 66.8 Å². The second kappa shape index (κ2) is 6.58. The molecule has 2 aromatic rings. The highest BCUT2D eigenvalue weighted by molar-refractivity contribution is 5.89. The molecule has 35 heavy (non-hydrogen) atoms. The molecule has 2 aromatic carbocycles. The molecule has 1 aliphatic heterocycles. The number of allylic oxidation sites excluding steroid dienone is 12. The van der Waals surface area contributed by atoms with Gasteiger partial charge in [-0.2, -0.15) is 0 Å². The van der Waals surface area contributed by atoms with Crippen LogP contribution in [0.5, 0.6) is 0 Å². The van der Waals surface area contributed by atoms with Gasteiger partial charge >= 0.3 is 0 Å². The first-order valence-corrected chi connectivity index (χ1v) is 12.5. The van der Waals surface area contributed by atoms with Gasteiger partial charge in [-0.05, 0) is 85.0 Å². The molecule has 8 rings (SSSR count).